The minimum absolute atomic E-state index is 0.0272. The predicted octanol–water partition coefficient (Wildman–Crippen LogP) is 4.31. The predicted molar refractivity (Wildman–Crippen MR) is 98.6 cm³/mol. The van der Waals surface area contributed by atoms with Crippen LogP contribution in [-0.4, -0.2) is 49.1 Å². The highest BCUT2D eigenvalue weighted by molar-refractivity contribution is 7.99. The van der Waals surface area contributed by atoms with Gasteiger partial charge in [0.1, 0.15) is 0 Å². The lowest BCUT2D eigenvalue weighted by Gasteiger charge is -2.38. The van der Waals surface area contributed by atoms with E-state index >= 15 is 0 Å². The van der Waals surface area contributed by atoms with Gasteiger partial charge in [-0.05, 0) is 37.4 Å². The van der Waals surface area contributed by atoms with Crippen LogP contribution in [0.2, 0.25) is 5.02 Å². The van der Waals surface area contributed by atoms with Crippen LogP contribution in [0.3, 0.4) is 0 Å². The van der Waals surface area contributed by atoms with Crippen LogP contribution in [-0.2, 0) is 0 Å². The molecule has 2 aromatic carbocycles. The number of carbonyl (C=O) groups is 1. The molecule has 2 aromatic rings. The van der Waals surface area contributed by atoms with Gasteiger partial charge < -0.3 is 9.80 Å². The molecule has 0 aromatic heterocycles. The van der Waals surface area contributed by atoms with Crippen molar-refractivity contribution >= 4 is 40.8 Å². The molecule has 0 aliphatic carbocycles. The van der Waals surface area contributed by atoms with Gasteiger partial charge in [-0.15, -0.1) is 0 Å². The lowest BCUT2D eigenvalue weighted by atomic mass is 10.2. The van der Waals surface area contributed by atoms with Gasteiger partial charge in [0.05, 0.1) is 11.4 Å². The number of para-hydroxylation sites is 1. The summed E-state index contributed by atoms with van der Waals surface area (Å²) in [5.41, 5.74) is 1.80. The first-order valence-corrected chi connectivity index (χ1v) is 9.17. The Balaban J connectivity index is 1.76. The highest BCUT2D eigenvalue weighted by Crippen LogP contribution is 2.49. The van der Waals surface area contributed by atoms with Crippen LogP contribution >= 0.6 is 23.4 Å². The molecule has 1 fully saturated rings. The number of piperazine rings is 1. The van der Waals surface area contributed by atoms with Crippen molar-refractivity contribution in [3.8, 4) is 0 Å². The SMILES string of the molecule is CN1CCN(C(=O)N2c3ccccc3Sc3ccc(Cl)cc32)CC1. The maximum absolute atomic E-state index is 13.3. The molecule has 2 aliphatic heterocycles. The maximum Gasteiger partial charge on any atom is 0.329 e. The fraction of sp³-hybridized carbons (Fsp3) is 0.278. The van der Waals surface area contributed by atoms with E-state index in [9.17, 15) is 4.79 Å². The molecule has 24 heavy (non-hydrogen) atoms. The van der Waals surface area contributed by atoms with Crippen LogP contribution in [0.1, 0.15) is 0 Å². The first kappa shape index (κ1) is 15.8. The Hall–Kier alpha value is -1.69. The van der Waals surface area contributed by atoms with Crippen LogP contribution < -0.4 is 4.90 Å². The summed E-state index contributed by atoms with van der Waals surface area (Å²) in [5, 5.41) is 0.643. The van der Waals surface area contributed by atoms with Gasteiger partial charge in [-0.25, -0.2) is 4.79 Å². The fourth-order valence-electron chi connectivity index (χ4n) is 3.07. The summed E-state index contributed by atoms with van der Waals surface area (Å²) in [7, 11) is 2.09. The number of fused-ring (bicyclic) bond motifs is 2. The van der Waals surface area contributed by atoms with E-state index in [0.717, 1.165) is 47.3 Å². The normalized spacial score (nSPS) is 17.4. The summed E-state index contributed by atoms with van der Waals surface area (Å²) in [5.74, 6) is 0. The number of rotatable bonds is 0. The molecule has 2 amide bonds. The number of amides is 2. The van der Waals surface area contributed by atoms with Gasteiger partial charge in [0, 0.05) is 41.0 Å². The van der Waals surface area contributed by atoms with E-state index in [2.05, 4.69) is 18.0 Å². The third kappa shape index (κ3) is 2.77. The smallest absolute Gasteiger partial charge is 0.321 e. The fourth-order valence-corrected chi connectivity index (χ4v) is 4.28. The van der Waals surface area contributed by atoms with Crippen LogP contribution in [0.5, 0.6) is 0 Å². The topological polar surface area (TPSA) is 26.8 Å². The number of halogens is 1. The minimum atomic E-state index is 0.0272. The Morgan fingerprint density at radius 3 is 2.50 bits per heavy atom. The second-order valence-electron chi connectivity index (χ2n) is 6.09. The summed E-state index contributed by atoms with van der Waals surface area (Å²) in [6, 6.07) is 13.8. The van der Waals surface area contributed by atoms with Crippen molar-refractivity contribution < 1.29 is 4.79 Å². The van der Waals surface area contributed by atoms with Gasteiger partial charge in [0.2, 0.25) is 0 Å². The van der Waals surface area contributed by atoms with Gasteiger partial charge in [-0.1, -0.05) is 35.5 Å². The van der Waals surface area contributed by atoms with Gasteiger partial charge in [0.15, 0.2) is 0 Å². The summed E-state index contributed by atoms with van der Waals surface area (Å²) in [6.07, 6.45) is 0. The number of hydrogen-bond acceptors (Lipinski definition) is 3. The molecule has 1 saturated heterocycles. The van der Waals surface area contributed by atoms with Gasteiger partial charge in [0.25, 0.3) is 0 Å². The van der Waals surface area contributed by atoms with Crippen molar-refractivity contribution in [2.45, 2.75) is 9.79 Å². The van der Waals surface area contributed by atoms with Crippen LogP contribution in [0, 0.1) is 0 Å². The van der Waals surface area contributed by atoms with E-state index in [1.54, 1.807) is 11.8 Å². The van der Waals surface area contributed by atoms with E-state index in [1.165, 1.54) is 0 Å². The number of benzene rings is 2. The van der Waals surface area contributed by atoms with Crippen LogP contribution in [0.25, 0.3) is 0 Å². The third-order valence-corrected chi connectivity index (χ3v) is 5.82. The molecule has 0 spiro atoms. The van der Waals surface area contributed by atoms with Gasteiger partial charge in [-0.3, -0.25) is 4.90 Å². The van der Waals surface area contributed by atoms with Crippen molar-refractivity contribution in [3.05, 3.63) is 47.5 Å². The number of nitrogens with zero attached hydrogens (tertiary/aromatic N) is 3. The Morgan fingerprint density at radius 1 is 1.00 bits per heavy atom. The molecule has 0 unspecified atom stereocenters. The van der Waals surface area contributed by atoms with Crippen molar-refractivity contribution in [2.75, 3.05) is 38.1 Å². The van der Waals surface area contributed by atoms with E-state index in [0.29, 0.717) is 5.02 Å². The number of carbonyl (C=O) groups excluding carboxylic acids is 1. The van der Waals surface area contributed by atoms with E-state index in [4.69, 9.17) is 11.6 Å². The first-order valence-electron chi connectivity index (χ1n) is 7.97. The molecule has 4 nitrogen and oxygen atoms in total. The molecule has 0 atom stereocenters. The van der Waals surface area contributed by atoms with Crippen molar-refractivity contribution in [1.29, 1.82) is 0 Å². The summed E-state index contributed by atoms with van der Waals surface area (Å²) >= 11 is 7.89. The van der Waals surface area contributed by atoms with Crippen molar-refractivity contribution in [1.82, 2.24) is 9.80 Å². The number of urea groups is 1. The van der Waals surface area contributed by atoms with E-state index in [-0.39, 0.29) is 6.03 Å². The van der Waals surface area contributed by atoms with Crippen LogP contribution in [0.4, 0.5) is 16.2 Å². The lowest BCUT2D eigenvalue weighted by Crippen LogP contribution is -2.51. The van der Waals surface area contributed by atoms with Crippen LogP contribution in [0.15, 0.2) is 52.3 Å². The van der Waals surface area contributed by atoms with E-state index < -0.39 is 0 Å². The number of hydrogen-bond donors (Lipinski definition) is 0. The Bertz CT molecular complexity index is 790. The first-order chi connectivity index (χ1) is 11.6. The minimum Gasteiger partial charge on any atom is -0.321 e. The Morgan fingerprint density at radius 2 is 1.71 bits per heavy atom. The maximum atomic E-state index is 13.3. The summed E-state index contributed by atoms with van der Waals surface area (Å²) < 4.78 is 0. The second kappa shape index (κ2) is 6.31. The molecule has 2 aliphatic rings. The van der Waals surface area contributed by atoms with Crippen molar-refractivity contribution in [2.24, 2.45) is 0 Å². The third-order valence-electron chi connectivity index (χ3n) is 4.45. The van der Waals surface area contributed by atoms with Gasteiger partial charge in [-0.2, -0.15) is 0 Å². The van der Waals surface area contributed by atoms with Gasteiger partial charge >= 0.3 is 6.03 Å². The highest BCUT2D eigenvalue weighted by Gasteiger charge is 2.32. The molecule has 0 N–H and O–H groups in total. The summed E-state index contributed by atoms with van der Waals surface area (Å²) in [4.78, 5) is 21.4. The standard InChI is InChI=1S/C18H18ClN3OS/c1-20-8-10-21(11-9-20)18(23)22-14-4-2-3-5-16(14)24-17-7-6-13(19)12-15(17)22/h2-7,12H,8-11H2,1H3. The molecular formula is C18H18ClN3OS. The zero-order valence-electron chi connectivity index (χ0n) is 13.4. The second-order valence-corrected chi connectivity index (χ2v) is 7.61. The number of anilines is 2. The summed E-state index contributed by atoms with van der Waals surface area (Å²) in [6.45, 7) is 3.30. The molecule has 6 heteroatoms. The molecule has 0 radical (unpaired) electrons. The average molecular weight is 360 g/mol. The zero-order valence-corrected chi connectivity index (χ0v) is 15.0. The number of likely N-dealkylation sites (N-methyl/N-ethyl adjacent to an activating group) is 1. The lowest BCUT2D eigenvalue weighted by molar-refractivity contribution is 0.161. The monoisotopic (exact) mass is 359 g/mol. The largest absolute Gasteiger partial charge is 0.329 e. The highest BCUT2D eigenvalue weighted by atomic mass is 35.5. The van der Waals surface area contributed by atoms with E-state index in [1.807, 2.05) is 46.2 Å². The molecule has 0 bridgehead atoms. The Kier molecular flexibility index (Phi) is 4.16. The van der Waals surface area contributed by atoms with Crippen molar-refractivity contribution in [3.63, 3.8) is 0 Å². The zero-order chi connectivity index (χ0) is 16.7. The molecule has 0 saturated carbocycles. The molecular weight excluding hydrogens is 342 g/mol. The average Bonchev–Trinajstić information content (AvgIpc) is 2.60. The molecule has 124 valence electrons. The molecule has 2 heterocycles. The molecule has 4 rings (SSSR count). The Labute approximate surface area is 151 Å². The quantitative estimate of drug-likeness (QED) is 0.701.